The van der Waals surface area contributed by atoms with E-state index < -0.39 is 0 Å². The number of aromatic nitrogens is 2. The molecule has 4 rings (SSSR count). The molecule has 150 valence electrons. The number of piperidine rings is 1. The molecule has 6 nitrogen and oxygen atoms in total. The zero-order valence-electron chi connectivity index (χ0n) is 16.3. The predicted octanol–water partition coefficient (Wildman–Crippen LogP) is 2.86. The lowest BCUT2D eigenvalue weighted by molar-refractivity contribution is 0.462. The van der Waals surface area contributed by atoms with Crippen molar-refractivity contribution in [2.24, 2.45) is 10.9 Å². The molecule has 0 amide bonds. The Morgan fingerprint density at radius 3 is 2.68 bits per heavy atom. The molecular formula is C21H29IN6. The Bertz CT molecular complexity index is 754. The molecule has 0 bridgehead atoms. The van der Waals surface area contributed by atoms with E-state index in [0.29, 0.717) is 18.0 Å². The van der Waals surface area contributed by atoms with Crippen LogP contribution in [0.15, 0.2) is 53.8 Å². The number of halogens is 1. The maximum absolute atomic E-state index is 4.45. The smallest absolute Gasteiger partial charge is 0.225 e. The molecule has 1 aromatic carbocycles. The molecule has 0 spiro atoms. The molecule has 0 radical (unpaired) electrons. The maximum Gasteiger partial charge on any atom is 0.225 e. The van der Waals surface area contributed by atoms with Crippen molar-refractivity contribution >= 4 is 35.9 Å². The third kappa shape index (κ3) is 5.56. The van der Waals surface area contributed by atoms with Gasteiger partial charge in [-0.05, 0) is 43.2 Å². The first-order chi connectivity index (χ1) is 13.3. The third-order valence-electron chi connectivity index (χ3n) is 5.41. The van der Waals surface area contributed by atoms with Crippen LogP contribution in [0.1, 0.15) is 24.8 Å². The summed E-state index contributed by atoms with van der Waals surface area (Å²) < 4.78 is 0. The molecule has 1 saturated heterocycles. The number of benzene rings is 1. The average molecular weight is 492 g/mol. The lowest BCUT2D eigenvalue weighted by atomic mass is 10.1. The number of rotatable bonds is 5. The summed E-state index contributed by atoms with van der Waals surface area (Å²) in [5, 5.41) is 7.20. The van der Waals surface area contributed by atoms with Crippen LogP contribution in [-0.2, 0) is 6.42 Å². The normalized spacial score (nSPS) is 24.2. The monoisotopic (exact) mass is 492 g/mol. The molecule has 1 saturated carbocycles. The molecule has 2 heterocycles. The number of nitrogens with one attached hydrogen (secondary N) is 2. The van der Waals surface area contributed by atoms with Crippen LogP contribution in [-0.4, -0.2) is 48.1 Å². The van der Waals surface area contributed by atoms with E-state index in [1.807, 2.05) is 13.1 Å². The molecule has 2 N–H and O–H groups in total. The highest BCUT2D eigenvalue weighted by molar-refractivity contribution is 14.0. The van der Waals surface area contributed by atoms with Gasteiger partial charge in [-0.2, -0.15) is 0 Å². The highest BCUT2D eigenvalue weighted by atomic mass is 127. The van der Waals surface area contributed by atoms with Gasteiger partial charge in [0.15, 0.2) is 5.96 Å². The van der Waals surface area contributed by atoms with Crippen LogP contribution in [0.4, 0.5) is 5.95 Å². The van der Waals surface area contributed by atoms with Crippen molar-refractivity contribution in [1.29, 1.82) is 0 Å². The number of nitrogens with zero attached hydrogens (tertiary/aromatic N) is 4. The number of guanidine groups is 1. The lowest BCUT2D eigenvalue weighted by Crippen LogP contribution is -2.52. The van der Waals surface area contributed by atoms with Gasteiger partial charge in [-0.1, -0.05) is 30.3 Å². The van der Waals surface area contributed by atoms with E-state index in [9.17, 15) is 0 Å². The quantitative estimate of drug-likeness (QED) is 0.382. The van der Waals surface area contributed by atoms with Crippen molar-refractivity contribution in [1.82, 2.24) is 20.6 Å². The summed E-state index contributed by atoms with van der Waals surface area (Å²) >= 11 is 0. The Labute approximate surface area is 184 Å². The first-order valence-corrected chi connectivity index (χ1v) is 9.87. The zero-order chi connectivity index (χ0) is 18.5. The molecule has 1 aliphatic carbocycles. The van der Waals surface area contributed by atoms with E-state index in [0.717, 1.165) is 44.3 Å². The summed E-state index contributed by atoms with van der Waals surface area (Å²) in [6, 6.07) is 13.5. The highest BCUT2D eigenvalue weighted by Gasteiger charge is 2.37. The van der Waals surface area contributed by atoms with E-state index in [1.165, 1.54) is 12.0 Å². The Morgan fingerprint density at radius 1 is 1.14 bits per heavy atom. The minimum Gasteiger partial charge on any atom is -0.353 e. The first kappa shape index (κ1) is 20.8. The van der Waals surface area contributed by atoms with Crippen LogP contribution >= 0.6 is 24.0 Å². The molecule has 2 aromatic rings. The van der Waals surface area contributed by atoms with Crippen LogP contribution in [0, 0.1) is 5.92 Å². The first-order valence-electron chi connectivity index (χ1n) is 9.87. The summed E-state index contributed by atoms with van der Waals surface area (Å²) in [5.41, 5.74) is 1.42. The molecule has 1 aromatic heterocycles. The zero-order valence-corrected chi connectivity index (χ0v) is 18.6. The van der Waals surface area contributed by atoms with Crippen molar-refractivity contribution in [2.75, 3.05) is 25.0 Å². The fourth-order valence-electron chi connectivity index (χ4n) is 3.84. The summed E-state index contributed by atoms with van der Waals surface area (Å²) in [6.45, 7) is 1.92. The summed E-state index contributed by atoms with van der Waals surface area (Å²) in [6.07, 6.45) is 8.23. The second kappa shape index (κ2) is 10.0. The van der Waals surface area contributed by atoms with Crippen LogP contribution in [0.25, 0.3) is 0 Å². The van der Waals surface area contributed by atoms with Gasteiger partial charge in [0.2, 0.25) is 5.95 Å². The summed E-state index contributed by atoms with van der Waals surface area (Å²) in [4.78, 5) is 15.5. The SMILES string of the molecule is CN=C(NC1CCCN(c2ncccn2)C1)NC1CC1Cc1ccccc1.I. The van der Waals surface area contributed by atoms with Crippen molar-refractivity contribution in [3.05, 3.63) is 54.4 Å². The fourth-order valence-corrected chi connectivity index (χ4v) is 3.84. The maximum atomic E-state index is 4.45. The Hall–Kier alpha value is -1.90. The van der Waals surface area contributed by atoms with Crippen LogP contribution in [0.5, 0.6) is 0 Å². The molecule has 2 aliphatic rings. The molecule has 3 atom stereocenters. The van der Waals surface area contributed by atoms with E-state index in [2.05, 4.69) is 60.8 Å². The fraction of sp³-hybridized carbons (Fsp3) is 0.476. The van der Waals surface area contributed by atoms with E-state index in [4.69, 9.17) is 0 Å². The second-order valence-corrected chi connectivity index (χ2v) is 7.49. The molecule has 7 heteroatoms. The van der Waals surface area contributed by atoms with Crippen molar-refractivity contribution in [2.45, 2.75) is 37.8 Å². The molecule has 1 aliphatic heterocycles. The number of anilines is 1. The highest BCUT2D eigenvalue weighted by Crippen LogP contribution is 2.33. The largest absolute Gasteiger partial charge is 0.353 e. The van der Waals surface area contributed by atoms with Gasteiger partial charge in [0.1, 0.15) is 0 Å². The summed E-state index contributed by atoms with van der Waals surface area (Å²) in [5.74, 6) is 2.43. The van der Waals surface area contributed by atoms with Crippen molar-refractivity contribution in [3.8, 4) is 0 Å². The Kier molecular flexibility index (Phi) is 7.47. The second-order valence-electron chi connectivity index (χ2n) is 7.49. The molecule has 28 heavy (non-hydrogen) atoms. The number of aliphatic imine (C=N–C) groups is 1. The lowest BCUT2D eigenvalue weighted by Gasteiger charge is -2.33. The van der Waals surface area contributed by atoms with Crippen molar-refractivity contribution < 1.29 is 0 Å². The van der Waals surface area contributed by atoms with Gasteiger partial charge < -0.3 is 15.5 Å². The number of hydrogen-bond donors (Lipinski definition) is 2. The summed E-state index contributed by atoms with van der Waals surface area (Å²) in [7, 11) is 1.85. The van der Waals surface area contributed by atoms with Gasteiger partial charge in [0, 0.05) is 44.6 Å². The predicted molar refractivity (Wildman–Crippen MR) is 124 cm³/mol. The van der Waals surface area contributed by atoms with E-state index in [-0.39, 0.29) is 24.0 Å². The van der Waals surface area contributed by atoms with Crippen molar-refractivity contribution in [3.63, 3.8) is 0 Å². The molecule has 3 unspecified atom stereocenters. The average Bonchev–Trinajstić information content (AvgIpc) is 3.46. The topological polar surface area (TPSA) is 65.4 Å². The van der Waals surface area contributed by atoms with Gasteiger partial charge in [0.25, 0.3) is 0 Å². The van der Waals surface area contributed by atoms with Crippen LogP contribution in [0.3, 0.4) is 0 Å². The van der Waals surface area contributed by atoms with Gasteiger partial charge in [-0.3, -0.25) is 4.99 Å². The Morgan fingerprint density at radius 2 is 1.93 bits per heavy atom. The van der Waals surface area contributed by atoms with Gasteiger partial charge >= 0.3 is 0 Å². The van der Waals surface area contributed by atoms with Gasteiger partial charge in [-0.15, -0.1) is 24.0 Å². The van der Waals surface area contributed by atoms with Crippen LogP contribution in [0.2, 0.25) is 0 Å². The van der Waals surface area contributed by atoms with Gasteiger partial charge in [-0.25, -0.2) is 9.97 Å². The van der Waals surface area contributed by atoms with E-state index in [1.54, 1.807) is 12.4 Å². The standard InChI is InChI=1S/C21H28N6.HI/c1-22-20(26-19-14-17(19)13-16-7-3-2-4-8-16)25-18-9-5-12-27(15-18)21-23-10-6-11-24-21;/h2-4,6-8,10-11,17-19H,5,9,12-15H2,1H3,(H2,22,25,26);1H. The number of hydrogen-bond acceptors (Lipinski definition) is 4. The third-order valence-corrected chi connectivity index (χ3v) is 5.41. The molecule has 2 fully saturated rings. The van der Waals surface area contributed by atoms with Gasteiger partial charge in [0.05, 0.1) is 0 Å². The minimum absolute atomic E-state index is 0. The molecular weight excluding hydrogens is 463 g/mol. The van der Waals surface area contributed by atoms with E-state index >= 15 is 0 Å². The minimum atomic E-state index is 0. The Balaban J connectivity index is 0.00000225. The van der Waals surface area contributed by atoms with Crippen LogP contribution < -0.4 is 15.5 Å².